The van der Waals surface area contributed by atoms with E-state index in [-0.39, 0.29) is 35.4 Å². The molecule has 178 valence electrons. The van der Waals surface area contributed by atoms with Gasteiger partial charge in [-0.15, -0.1) is 0 Å². The quantitative estimate of drug-likeness (QED) is 0.411. The van der Waals surface area contributed by atoms with Crippen LogP contribution >= 0.6 is 0 Å². The zero-order valence-corrected chi connectivity index (χ0v) is 19.3. The summed E-state index contributed by atoms with van der Waals surface area (Å²) in [6, 6.07) is 12.7. The van der Waals surface area contributed by atoms with Gasteiger partial charge in [-0.3, -0.25) is 0 Å². The average molecular weight is 477 g/mol. The van der Waals surface area contributed by atoms with Gasteiger partial charge in [-0.05, 0) is 43.7 Å². The Hall–Kier alpha value is -2.95. The van der Waals surface area contributed by atoms with E-state index >= 15 is 0 Å². The normalized spacial score (nSPS) is 15.2. The number of carbonyl (C=O) groups excluding carboxylic acids is 1. The number of hydrogen-bond donors (Lipinski definition) is 1. The molecule has 3 rings (SSSR count). The van der Waals surface area contributed by atoms with Crippen molar-refractivity contribution in [3.63, 3.8) is 0 Å². The molecule has 1 N–H and O–H groups in total. The number of piperazine rings is 1. The molecule has 1 aliphatic heterocycles. The Balaban J connectivity index is 1.50. The number of aromatic carboxylic acids is 1. The van der Waals surface area contributed by atoms with Crippen molar-refractivity contribution in [2.24, 2.45) is 0 Å². The monoisotopic (exact) mass is 476 g/mol. The highest BCUT2D eigenvalue weighted by Crippen LogP contribution is 2.25. The highest BCUT2D eigenvalue weighted by molar-refractivity contribution is 7.89. The summed E-state index contributed by atoms with van der Waals surface area (Å²) in [4.78, 5) is 25.5. The Morgan fingerprint density at radius 2 is 1.73 bits per heavy atom. The van der Waals surface area contributed by atoms with Crippen LogP contribution in [0.4, 0.5) is 0 Å². The maximum absolute atomic E-state index is 13.0. The molecule has 0 aliphatic carbocycles. The minimum atomic E-state index is -3.82. The largest absolute Gasteiger partial charge is 0.493 e. The topological polar surface area (TPSA) is 113 Å². The molecule has 0 saturated carbocycles. The van der Waals surface area contributed by atoms with Crippen molar-refractivity contribution in [3.8, 4) is 5.75 Å². The second kappa shape index (κ2) is 11.3. The Morgan fingerprint density at radius 3 is 2.36 bits per heavy atom. The van der Waals surface area contributed by atoms with Gasteiger partial charge in [0.1, 0.15) is 11.3 Å². The summed E-state index contributed by atoms with van der Waals surface area (Å²) >= 11 is 0. The molecule has 9 nitrogen and oxygen atoms in total. The Kier molecular flexibility index (Phi) is 8.43. The van der Waals surface area contributed by atoms with E-state index in [2.05, 4.69) is 4.90 Å². The van der Waals surface area contributed by atoms with E-state index < -0.39 is 16.0 Å². The summed E-state index contributed by atoms with van der Waals surface area (Å²) in [5, 5.41) is 9.40. The fraction of sp³-hybridized carbons (Fsp3) is 0.391. The Bertz CT molecular complexity index is 1070. The number of hydrogen-bond acceptors (Lipinski definition) is 7. The van der Waals surface area contributed by atoms with Gasteiger partial charge < -0.3 is 19.5 Å². The van der Waals surface area contributed by atoms with E-state index in [0.29, 0.717) is 44.7 Å². The number of carboxylic acid groups (broad SMARTS) is 1. The molecule has 2 aromatic carbocycles. The minimum absolute atomic E-state index is 0.0652. The van der Waals surface area contributed by atoms with E-state index in [4.69, 9.17) is 9.47 Å². The first-order valence-corrected chi connectivity index (χ1v) is 12.2. The SMILES string of the molecule is CCOc1ccc(S(=O)(=O)N2CCN(CCCOC(=O)c3ccccc3)CC2)cc1C(=O)O. The van der Waals surface area contributed by atoms with E-state index in [0.717, 1.165) is 6.07 Å². The first-order chi connectivity index (χ1) is 15.8. The summed E-state index contributed by atoms with van der Waals surface area (Å²) in [6.07, 6.45) is 0.645. The molecule has 0 amide bonds. The summed E-state index contributed by atoms with van der Waals surface area (Å²) in [7, 11) is -3.82. The standard InChI is InChI=1S/C23H28N2O7S/c1-2-31-21-10-9-19(17-20(21)22(26)27)33(29,30)25-14-12-24(13-15-25)11-6-16-32-23(28)18-7-4-3-5-8-18/h3-5,7-10,17H,2,6,11-16H2,1H3,(H,26,27). The lowest BCUT2D eigenvalue weighted by Crippen LogP contribution is -2.48. The molecule has 0 bridgehead atoms. The van der Waals surface area contributed by atoms with Gasteiger partial charge in [0, 0.05) is 32.7 Å². The van der Waals surface area contributed by atoms with Gasteiger partial charge in [0.05, 0.1) is 23.7 Å². The molecule has 1 heterocycles. The first-order valence-electron chi connectivity index (χ1n) is 10.8. The molecule has 1 fully saturated rings. The van der Waals surface area contributed by atoms with E-state index in [9.17, 15) is 23.1 Å². The number of carbonyl (C=O) groups is 2. The molecule has 10 heteroatoms. The Labute approximate surface area is 193 Å². The number of benzene rings is 2. The summed E-state index contributed by atoms with van der Waals surface area (Å²) in [5.74, 6) is -1.46. The van der Waals surface area contributed by atoms with Gasteiger partial charge in [0.2, 0.25) is 10.0 Å². The van der Waals surface area contributed by atoms with Gasteiger partial charge in [-0.1, -0.05) is 18.2 Å². The third kappa shape index (κ3) is 6.31. The highest BCUT2D eigenvalue weighted by Gasteiger charge is 2.29. The average Bonchev–Trinajstić information content (AvgIpc) is 2.82. The van der Waals surface area contributed by atoms with Crippen molar-refractivity contribution < 1.29 is 32.6 Å². The van der Waals surface area contributed by atoms with Crippen molar-refractivity contribution in [2.75, 3.05) is 45.9 Å². The van der Waals surface area contributed by atoms with Crippen molar-refractivity contribution >= 4 is 22.0 Å². The fourth-order valence-electron chi connectivity index (χ4n) is 3.57. The second-order valence-corrected chi connectivity index (χ2v) is 9.44. The predicted octanol–water partition coefficient (Wildman–Crippen LogP) is 2.34. The lowest BCUT2D eigenvalue weighted by Gasteiger charge is -2.34. The van der Waals surface area contributed by atoms with Crippen LogP contribution in [0.1, 0.15) is 34.1 Å². The fourth-order valence-corrected chi connectivity index (χ4v) is 5.02. The summed E-state index contributed by atoms with van der Waals surface area (Å²) < 4.78 is 38.0. The molecule has 33 heavy (non-hydrogen) atoms. The molecule has 0 atom stereocenters. The zero-order valence-electron chi connectivity index (χ0n) is 18.5. The number of esters is 1. The van der Waals surface area contributed by atoms with Gasteiger partial charge in [0.25, 0.3) is 0 Å². The predicted molar refractivity (Wildman–Crippen MR) is 121 cm³/mol. The molecule has 0 aromatic heterocycles. The van der Waals surface area contributed by atoms with Crippen LogP contribution in [0.25, 0.3) is 0 Å². The number of sulfonamides is 1. The molecule has 1 saturated heterocycles. The zero-order chi connectivity index (χ0) is 23.8. The molecule has 0 unspecified atom stereocenters. The van der Waals surface area contributed by atoms with Gasteiger partial charge in [-0.25, -0.2) is 18.0 Å². The van der Waals surface area contributed by atoms with Crippen LogP contribution in [-0.2, 0) is 14.8 Å². The maximum atomic E-state index is 13.0. The van der Waals surface area contributed by atoms with Crippen LogP contribution in [0, 0.1) is 0 Å². The van der Waals surface area contributed by atoms with Crippen LogP contribution in [0.5, 0.6) is 5.75 Å². The lowest BCUT2D eigenvalue weighted by molar-refractivity contribution is 0.0482. The van der Waals surface area contributed by atoms with Gasteiger partial charge >= 0.3 is 11.9 Å². The third-order valence-electron chi connectivity index (χ3n) is 5.31. The van der Waals surface area contributed by atoms with Crippen LogP contribution in [0.15, 0.2) is 53.4 Å². The van der Waals surface area contributed by atoms with Crippen molar-refractivity contribution in [2.45, 2.75) is 18.2 Å². The third-order valence-corrected chi connectivity index (χ3v) is 7.21. The summed E-state index contributed by atoms with van der Waals surface area (Å²) in [5.41, 5.74) is 0.332. The van der Waals surface area contributed by atoms with Crippen LogP contribution in [0.3, 0.4) is 0 Å². The maximum Gasteiger partial charge on any atom is 0.339 e. The lowest BCUT2D eigenvalue weighted by atomic mass is 10.2. The number of carboxylic acids is 1. The van der Waals surface area contributed by atoms with E-state index in [1.807, 2.05) is 6.07 Å². The molecule has 0 radical (unpaired) electrons. The molecular formula is C23H28N2O7S. The van der Waals surface area contributed by atoms with Gasteiger partial charge in [0.15, 0.2) is 0 Å². The summed E-state index contributed by atoms with van der Waals surface area (Å²) in [6.45, 7) is 4.63. The van der Waals surface area contributed by atoms with E-state index in [1.165, 1.54) is 16.4 Å². The molecular weight excluding hydrogens is 448 g/mol. The number of rotatable bonds is 10. The molecule has 2 aromatic rings. The van der Waals surface area contributed by atoms with Crippen molar-refractivity contribution in [1.29, 1.82) is 0 Å². The smallest absolute Gasteiger partial charge is 0.339 e. The van der Waals surface area contributed by atoms with Crippen LogP contribution < -0.4 is 4.74 Å². The Morgan fingerprint density at radius 1 is 1.03 bits per heavy atom. The van der Waals surface area contributed by atoms with Crippen LogP contribution in [-0.4, -0.2) is 80.6 Å². The number of ether oxygens (including phenoxy) is 2. The second-order valence-electron chi connectivity index (χ2n) is 7.50. The number of nitrogens with zero attached hydrogens (tertiary/aromatic N) is 2. The van der Waals surface area contributed by atoms with Crippen molar-refractivity contribution in [3.05, 3.63) is 59.7 Å². The van der Waals surface area contributed by atoms with Crippen molar-refractivity contribution in [1.82, 2.24) is 9.21 Å². The minimum Gasteiger partial charge on any atom is -0.493 e. The van der Waals surface area contributed by atoms with Crippen LogP contribution in [0.2, 0.25) is 0 Å². The van der Waals surface area contributed by atoms with Gasteiger partial charge in [-0.2, -0.15) is 4.31 Å². The molecule has 0 spiro atoms. The molecule has 1 aliphatic rings. The highest BCUT2D eigenvalue weighted by atomic mass is 32.2. The van der Waals surface area contributed by atoms with E-state index in [1.54, 1.807) is 31.2 Å². The first kappa shape index (κ1) is 24.7.